The standard InChI is InChI=1S/C12H24N6O/c1-16(2)11-15-9-10(18(11)5)8-13-6-7-14-12(19)17(3)4/h9,13H,6-8H2,1-5H3,(H,14,19). The molecular formula is C12H24N6O. The summed E-state index contributed by atoms with van der Waals surface area (Å²) in [5, 5.41) is 6.08. The molecule has 0 aliphatic heterocycles. The average Bonchev–Trinajstić information content (AvgIpc) is 2.70. The Morgan fingerprint density at radius 3 is 2.53 bits per heavy atom. The minimum atomic E-state index is -0.0720. The van der Waals surface area contributed by atoms with Crippen LogP contribution in [0.3, 0.4) is 0 Å². The summed E-state index contributed by atoms with van der Waals surface area (Å²) in [5.74, 6) is 0.928. The summed E-state index contributed by atoms with van der Waals surface area (Å²) in [6, 6.07) is -0.0720. The molecule has 0 aliphatic rings. The molecule has 1 rings (SSSR count). The van der Waals surface area contributed by atoms with Gasteiger partial charge < -0.3 is 25.0 Å². The van der Waals surface area contributed by atoms with Crippen molar-refractivity contribution in [2.45, 2.75) is 6.54 Å². The number of imidazole rings is 1. The highest BCUT2D eigenvalue weighted by Gasteiger charge is 2.07. The number of rotatable bonds is 6. The van der Waals surface area contributed by atoms with Crippen LogP contribution >= 0.6 is 0 Å². The zero-order valence-corrected chi connectivity index (χ0v) is 12.4. The van der Waals surface area contributed by atoms with Gasteiger partial charge in [0.2, 0.25) is 5.95 Å². The van der Waals surface area contributed by atoms with E-state index in [1.165, 1.54) is 4.90 Å². The third-order valence-electron chi connectivity index (χ3n) is 2.75. The van der Waals surface area contributed by atoms with E-state index in [0.29, 0.717) is 6.54 Å². The van der Waals surface area contributed by atoms with Crippen molar-refractivity contribution in [1.82, 2.24) is 25.1 Å². The molecule has 0 spiro atoms. The van der Waals surface area contributed by atoms with Crippen molar-refractivity contribution in [3.8, 4) is 0 Å². The normalized spacial score (nSPS) is 10.4. The zero-order valence-electron chi connectivity index (χ0n) is 12.4. The van der Waals surface area contributed by atoms with Crippen molar-refractivity contribution in [2.75, 3.05) is 46.2 Å². The van der Waals surface area contributed by atoms with Gasteiger partial charge >= 0.3 is 6.03 Å². The minimum absolute atomic E-state index is 0.0720. The van der Waals surface area contributed by atoms with E-state index in [9.17, 15) is 4.79 Å². The Labute approximate surface area is 114 Å². The van der Waals surface area contributed by atoms with Gasteiger partial charge in [0.05, 0.1) is 11.9 Å². The number of hydrogen-bond acceptors (Lipinski definition) is 4. The number of carbonyl (C=O) groups excluding carboxylic acids is 1. The highest BCUT2D eigenvalue weighted by Crippen LogP contribution is 2.10. The second-order valence-electron chi connectivity index (χ2n) is 4.81. The van der Waals surface area contributed by atoms with Gasteiger partial charge in [-0.2, -0.15) is 0 Å². The van der Waals surface area contributed by atoms with Crippen molar-refractivity contribution in [3.63, 3.8) is 0 Å². The van der Waals surface area contributed by atoms with Crippen LogP contribution in [0.15, 0.2) is 6.20 Å². The van der Waals surface area contributed by atoms with E-state index in [1.54, 1.807) is 14.1 Å². The number of hydrogen-bond donors (Lipinski definition) is 2. The van der Waals surface area contributed by atoms with E-state index < -0.39 is 0 Å². The van der Waals surface area contributed by atoms with Crippen molar-refractivity contribution in [1.29, 1.82) is 0 Å². The highest BCUT2D eigenvalue weighted by molar-refractivity contribution is 5.73. The summed E-state index contributed by atoms with van der Waals surface area (Å²) in [5.41, 5.74) is 1.11. The molecule has 0 bridgehead atoms. The van der Waals surface area contributed by atoms with E-state index >= 15 is 0 Å². The topological polar surface area (TPSA) is 65.4 Å². The summed E-state index contributed by atoms with van der Waals surface area (Å²) in [6.07, 6.45) is 1.86. The first-order valence-electron chi connectivity index (χ1n) is 6.27. The van der Waals surface area contributed by atoms with Crippen molar-refractivity contribution >= 4 is 12.0 Å². The molecule has 108 valence electrons. The van der Waals surface area contributed by atoms with Crippen molar-refractivity contribution in [2.24, 2.45) is 7.05 Å². The van der Waals surface area contributed by atoms with Crippen LogP contribution in [0.25, 0.3) is 0 Å². The Kier molecular flexibility index (Phi) is 5.62. The lowest BCUT2D eigenvalue weighted by molar-refractivity contribution is 0.217. The van der Waals surface area contributed by atoms with Gasteiger partial charge in [-0.05, 0) is 0 Å². The second kappa shape index (κ2) is 6.98. The lowest BCUT2D eigenvalue weighted by atomic mass is 10.4. The lowest BCUT2D eigenvalue weighted by Crippen LogP contribution is -2.38. The summed E-state index contributed by atoms with van der Waals surface area (Å²) >= 11 is 0. The summed E-state index contributed by atoms with van der Waals surface area (Å²) < 4.78 is 2.05. The predicted octanol–water partition coefficient (Wildman–Crippen LogP) is -0.153. The van der Waals surface area contributed by atoms with E-state index in [1.807, 2.05) is 36.8 Å². The highest BCUT2D eigenvalue weighted by atomic mass is 16.2. The van der Waals surface area contributed by atoms with Gasteiger partial charge in [0.1, 0.15) is 0 Å². The summed E-state index contributed by atoms with van der Waals surface area (Å²) in [4.78, 5) is 19.1. The SMILES string of the molecule is CN(C)C(=O)NCCNCc1cnc(N(C)C)n1C. The van der Waals surface area contributed by atoms with E-state index in [2.05, 4.69) is 15.6 Å². The average molecular weight is 268 g/mol. The minimum Gasteiger partial charge on any atom is -0.348 e. The number of anilines is 1. The third kappa shape index (κ3) is 4.44. The molecule has 19 heavy (non-hydrogen) atoms. The Morgan fingerprint density at radius 1 is 1.32 bits per heavy atom. The first-order valence-corrected chi connectivity index (χ1v) is 6.27. The van der Waals surface area contributed by atoms with Crippen LogP contribution in [0, 0.1) is 0 Å². The maximum absolute atomic E-state index is 11.3. The Morgan fingerprint density at radius 2 is 2.00 bits per heavy atom. The van der Waals surface area contributed by atoms with E-state index in [4.69, 9.17) is 0 Å². The van der Waals surface area contributed by atoms with Crippen molar-refractivity contribution in [3.05, 3.63) is 11.9 Å². The largest absolute Gasteiger partial charge is 0.348 e. The molecule has 2 amide bonds. The first-order chi connectivity index (χ1) is 8.93. The molecule has 0 saturated heterocycles. The Balaban J connectivity index is 2.28. The first kappa shape index (κ1) is 15.3. The molecule has 2 N–H and O–H groups in total. The maximum Gasteiger partial charge on any atom is 0.316 e. The fourth-order valence-corrected chi connectivity index (χ4v) is 1.65. The van der Waals surface area contributed by atoms with Gasteiger partial charge in [0, 0.05) is 54.9 Å². The van der Waals surface area contributed by atoms with E-state index in [-0.39, 0.29) is 6.03 Å². The molecule has 0 atom stereocenters. The van der Waals surface area contributed by atoms with Crippen LogP contribution in [0.5, 0.6) is 0 Å². The van der Waals surface area contributed by atoms with Gasteiger partial charge in [0.15, 0.2) is 0 Å². The molecule has 0 saturated carbocycles. The smallest absolute Gasteiger partial charge is 0.316 e. The monoisotopic (exact) mass is 268 g/mol. The maximum atomic E-state index is 11.3. The van der Waals surface area contributed by atoms with Crippen LogP contribution in [0.1, 0.15) is 5.69 Å². The number of aromatic nitrogens is 2. The molecule has 1 aromatic rings. The van der Waals surface area contributed by atoms with Gasteiger partial charge in [-0.25, -0.2) is 9.78 Å². The number of amides is 2. The fourth-order valence-electron chi connectivity index (χ4n) is 1.65. The number of nitrogens with one attached hydrogen (secondary N) is 2. The van der Waals surface area contributed by atoms with Gasteiger partial charge in [-0.1, -0.05) is 0 Å². The molecule has 1 aromatic heterocycles. The van der Waals surface area contributed by atoms with Crippen LogP contribution in [-0.4, -0.2) is 61.8 Å². The van der Waals surface area contributed by atoms with Gasteiger partial charge in [-0.3, -0.25) is 0 Å². The summed E-state index contributed by atoms with van der Waals surface area (Å²) in [6.45, 7) is 2.06. The van der Waals surface area contributed by atoms with Gasteiger partial charge in [-0.15, -0.1) is 0 Å². The summed E-state index contributed by atoms with van der Waals surface area (Å²) in [7, 11) is 9.38. The third-order valence-corrected chi connectivity index (χ3v) is 2.75. The fraction of sp³-hybridized carbons (Fsp3) is 0.667. The zero-order chi connectivity index (χ0) is 14.4. The molecule has 0 fully saturated rings. The quantitative estimate of drug-likeness (QED) is 0.704. The molecular weight excluding hydrogens is 244 g/mol. The second-order valence-corrected chi connectivity index (χ2v) is 4.81. The number of nitrogens with zero attached hydrogens (tertiary/aromatic N) is 4. The Bertz CT molecular complexity index is 412. The number of carbonyl (C=O) groups is 1. The van der Waals surface area contributed by atoms with E-state index in [0.717, 1.165) is 24.7 Å². The van der Waals surface area contributed by atoms with Crippen LogP contribution in [0.4, 0.5) is 10.7 Å². The van der Waals surface area contributed by atoms with Crippen LogP contribution in [0.2, 0.25) is 0 Å². The lowest BCUT2D eigenvalue weighted by Gasteiger charge is -2.13. The van der Waals surface area contributed by atoms with Crippen LogP contribution in [-0.2, 0) is 13.6 Å². The predicted molar refractivity (Wildman–Crippen MR) is 76.3 cm³/mol. The molecule has 0 aromatic carbocycles. The van der Waals surface area contributed by atoms with Gasteiger partial charge in [0.25, 0.3) is 0 Å². The Hall–Kier alpha value is -1.76. The molecule has 0 aliphatic carbocycles. The molecule has 7 nitrogen and oxygen atoms in total. The number of urea groups is 1. The molecule has 1 heterocycles. The van der Waals surface area contributed by atoms with Crippen LogP contribution < -0.4 is 15.5 Å². The molecule has 7 heteroatoms. The molecule has 0 radical (unpaired) electrons. The molecule has 0 unspecified atom stereocenters. The van der Waals surface area contributed by atoms with Crippen molar-refractivity contribution < 1.29 is 4.79 Å².